The van der Waals surface area contributed by atoms with Gasteiger partial charge in [-0.05, 0) is 30.3 Å². The number of rotatable bonds is 3. The van der Waals surface area contributed by atoms with Crippen molar-refractivity contribution in [3.63, 3.8) is 0 Å². The molecular formula is C17H12ClF2N. The number of hydrogen-bond donors (Lipinski definition) is 0. The maximum atomic E-state index is 13.7. The summed E-state index contributed by atoms with van der Waals surface area (Å²) in [5, 5.41) is 0.374. The number of para-hydroxylation sites is 1. The van der Waals surface area contributed by atoms with E-state index in [4.69, 9.17) is 11.6 Å². The van der Waals surface area contributed by atoms with Gasteiger partial charge in [0.05, 0.1) is 10.9 Å². The van der Waals surface area contributed by atoms with Crippen molar-refractivity contribution >= 4 is 22.5 Å². The molecule has 1 unspecified atom stereocenters. The number of aromatic nitrogens is 1. The Hall–Kier alpha value is -2.00. The highest BCUT2D eigenvalue weighted by atomic mass is 35.5. The van der Waals surface area contributed by atoms with E-state index in [1.807, 2.05) is 36.4 Å². The average molecular weight is 304 g/mol. The minimum absolute atomic E-state index is 0.159. The van der Waals surface area contributed by atoms with Crippen molar-refractivity contribution in [3.8, 4) is 0 Å². The normalized spacial score (nSPS) is 12.5. The Morgan fingerprint density at radius 3 is 2.67 bits per heavy atom. The van der Waals surface area contributed by atoms with Crippen LogP contribution in [0.15, 0.2) is 54.6 Å². The predicted molar refractivity (Wildman–Crippen MR) is 80.4 cm³/mol. The van der Waals surface area contributed by atoms with Crippen LogP contribution in [0, 0.1) is 11.6 Å². The molecule has 1 heterocycles. The Balaban J connectivity index is 1.88. The molecule has 4 heteroatoms. The average Bonchev–Trinajstić information content (AvgIpc) is 2.49. The van der Waals surface area contributed by atoms with E-state index in [9.17, 15) is 8.78 Å². The number of halogens is 3. The van der Waals surface area contributed by atoms with Crippen molar-refractivity contribution in [1.29, 1.82) is 0 Å². The summed E-state index contributed by atoms with van der Waals surface area (Å²) in [5.41, 5.74) is 1.77. The highest BCUT2D eigenvalue weighted by Gasteiger charge is 2.15. The first-order valence-electron chi connectivity index (χ1n) is 6.57. The molecule has 0 saturated heterocycles. The summed E-state index contributed by atoms with van der Waals surface area (Å²) in [5.74, 6) is -0.999. The lowest BCUT2D eigenvalue weighted by atomic mass is 10.1. The predicted octanol–water partition coefficient (Wildman–Crippen LogP) is 5.04. The molecule has 0 aliphatic carbocycles. The van der Waals surface area contributed by atoms with Gasteiger partial charge in [0.15, 0.2) is 0 Å². The van der Waals surface area contributed by atoms with Gasteiger partial charge in [0.2, 0.25) is 0 Å². The number of benzene rings is 2. The highest BCUT2D eigenvalue weighted by Crippen LogP contribution is 2.28. The number of alkyl halides is 1. The minimum atomic E-state index is -0.658. The van der Waals surface area contributed by atoms with Crippen LogP contribution < -0.4 is 0 Å². The molecular weight excluding hydrogens is 292 g/mol. The third kappa shape index (κ3) is 3.03. The van der Waals surface area contributed by atoms with E-state index in [0.717, 1.165) is 34.8 Å². The number of nitrogens with zero attached hydrogens (tertiary/aromatic N) is 1. The fourth-order valence-corrected chi connectivity index (χ4v) is 2.60. The quantitative estimate of drug-likeness (QED) is 0.618. The van der Waals surface area contributed by atoms with Gasteiger partial charge < -0.3 is 0 Å². The first kappa shape index (κ1) is 14.0. The van der Waals surface area contributed by atoms with Gasteiger partial charge in [-0.1, -0.05) is 24.3 Å². The molecule has 1 atom stereocenters. The number of fused-ring (bicyclic) bond motifs is 1. The first-order chi connectivity index (χ1) is 10.1. The summed E-state index contributed by atoms with van der Waals surface area (Å²) in [6, 6.07) is 14.8. The molecule has 1 aromatic heterocycles. The number of pyridine rings is 1. The molecule has 21 heavy (non-hydrogen) atoms. The molecule has 2 aromatic carbocycles. The van der Waals surface area contributed by atoms with E-state index in [-0.39, 0.29) is 5.56 Å². The zero-order chi connectivity index (χ0) is 14.8. The van der Waals surface area contributed by atoms with Crippen molar-refractivity contribution in [1.82, 2.24) is 4.98 Å². The lowest BCUT2D eigenvalue weighted by Crippen LogP contribution is -2.01. The molecule has 0 radical (unpaired) electrons. The molecule has 0 N–H and O–H groups in total. The fraction of sp³-hybridized carbons (Fsp3) is 0.118. The Morgan fingerprint density at radius 2 is 1.81 bits per heavy atom. The lowest BCUT2D eigenvalue weighted by Gasteiger charge is -2.11. The second kappa shape index (κ2) is 5.78. The van der Waals surface area contributed by atoms with Gasteiger partial charge in [-0.2, -0.15) is 0 Å². The van der Waals surface area contributed by atoms with Crippen molar-refractivity contribution in [3.05, 3.63) is 77.5 Å². The van der Waals surface area contributed by atoms with E-state index in [2.05, 4.69) is 4.98 Å². The Morgan fingerprint density at radius 1 is 1.00 bits per heavy atom. The van der Waals surface area contributed by atoms with Crippen LogP contribution in [0.5, 0.6) is 0 Å². The van der Waals surface area contributed by atoms with Gasteiger partial charge in [-0.3, -0.25) is 4.98 Å². The summed E-state index contributed by atoms with van der Waals surface area (Å²) < 4.78 is 26.9. The highest BCUT2D eigenvalue weighted by molar-refractivity contribution is 6.20. The Kier molecular flexibility index (Phi) is 3.84. The second-order valence-electron chi connectivity index (χ2n) is 4.83. The van der Waals surface area contributed by atoms with Crippen molar-refractivity contribution in [2.75, 3.05) is 0 Å². The third-order valence-electron chi connectivity index (χ3n) is 3.34. The molecule has 0 aliphatic heterocycles. The maximum absolute atomic E-state index is 13.7. The summed E-state index contributed by atoms with van der Waals surface area (Å²) in [4.78, 5) is 4.49. The van der Waals surface area contributed by atoms with Crippen LogP contribution in [0.25, 0.3) is 10.9 Å². The Labute approximate surface area is 126 Å². The summed E-state index contributed by atoms with van der Waals surface area (Å²) in [6.07, 6.45) is 0.340. The molecule has 106 valence electrons. The van der Waals surface area contributed by atoms with Gasteiger partial charge in [0.25, 0.3) is 0 Å². The Bertz CT molecular complexity index is 789. The van der Waals surface area contributed by atoms with E-state index in [1.54, 1.807) is 0 Å². The first-order valence-corrected chi connectivity index (χ1v) is 7.01. The van der Waals surface area contributed by atoms with Gasteiger partial charge in [-0.25, -0.2) is 8.78 Å². The van der Waals surface area contributed by atoms with Gasteiger partial charge >= 0.3 is 0 Å². The molecule has 3 aromatic rings. The smallest absolute Gasteiger partial charge is 0.128 e. The van der Waals surface area contributed by atoms with E-state index in [0.29, 0.717) is 6.42 Å². The topological polar surface area (TPSA) is 12.9 Å². The zero-order valence-corrected chi connectivity index (χ0v) is 11.8. The van der Waals surface area contributed by atoms with E-state index in [1.165, 1.54) is 0 Å². The zero-order valence-electron chi connectivity index (χ0n) is 11.1. The molecule has 0 fully saturated rings. The molecule has 0 spiro atoms. The summed E-state index contributed by atoms with van der Waals surface area (Å²) in [6.45, 7) is 0. The summed E-state index contributed by atoms with van der Waals surface area (Å²) >= 11 is 6.22. The monoisotopic (exact) mass is 303 g/mol. The molecule has 0 amide bonds. The molecule has 0 bridgehead atoms. The van der Waals surface area contributed by atoms with Gasteiger partial charge in [-0.15, -0.1) is 11.6 Å². The fourth-order valence-electron chi connectivity index (χ4n) is 2.27. The summed E-state index contributed by atoms with van der Waals surface area (Å²) in [7, 11) is 0. The van der Waals surface area contributed by atoms with Crippen LogP contribution in [0.3, 0.4) is 0 Å². The van der Waals surface area contributed by atoms with Crippen LogP contribution in [-0.2, 0) is 6.42 Å². The lowest BCUT2D eigenvalue weighted by molar-refractivity contribution is 0.581. The van der Waals surface area contributed by atoms with Crippen LogP contribution >= 0.6 is 11.6 Å². The van der Waals surface area contributed by atoms with Gasteiger partial charge in [0, 0.05) is 23.1 Å². The van der Waals surface area contributed by atoms with Crippen molar-refractivity contribution < 1.29 is 8.78 Å². The molecule has 1 nitrogen and oxygen atoms in total. The third-order valence-corrected chi connectivity index (χ3v) is 3.73. The molecule has 3 rings (SSSR count). The molecule has 0 aliphatic rings. The SMILES string of the molecule is Fc1ccc(F)c(C(Cl)Cc2ccc3ccccc3n2)c1. The largest absolute Gasteiger partial charge is 0.253 e. The van der Waals surface area contributed by atoms with Crippen LogP contribution in [0.2, 0.25) is 0 Å². The van der Waals surface area contributed by atoms with Crippen LogP contribution in [0.4, 0.5) is 8.78 Å². The second-order valence-corrected chi connectivity index (χ2v) is 5.36. The molecule has 0 saturated carbocycles. The van der Waals surface area contributed by atoms with Crippen molar-refractivity contribution in [2.45, 2.75) is 11.8 Å². The van der Waals surface area contributed by atoms with Crippen LogP contribution in [0.1, 0.15) is 16.6 Å². The maximum Gasteiger partial charge on any atom is 0.128 e. The van der Waals surface area contributed by atoms with Crippen LogP contribution in [-0.4, -0.2) is 4.98 Å². The van der Waals surface area contributed by atoms with Gasteiger partial charge in [0.1, 0.15) is 11.6 Å². The minimum Gasteiger partial charge on any atom is -0.253 e. The standard InChI is InChI=1S/C17H12ClF2N/c18-15(14-9-12(19)6-8-16(14)20)10-13-7-5-11-3-1-2-4-17(11)21-13/h1-9,15H,10H2. The van der Waals surface area contributed by atoms with E-state index < -0.39 is 17.0 Å². The van der Waals surface area contributed by atoms with E-state index >= 15 is 0 Å². The number of hydrogen-bond acceptors (Lipinski definition) is 1. The van der Waals surface area contributed by atoms with Crippen molar-refractivity contribution in [2.24, 2.45) is 0 Å².